The molecule has 0 bridgehead atoms. The second-order valence-electron chi connectivity index (χ2n) is 6.82. The fraction of sp³-hybridized carbons (Fsp3) is 0.300. The van der Waals surface area contributed by atoms with Crippen LogP contribution < -0.4 is 11.1 Å². The highest BCUT2D eigenvalue weighted by Gasteiger charge is 2.44. The Kier molecular flexibility index (Phi) is 8.03. The maximum Gasteiger partial charge on any atom is 0.159 e. The van der Waals surface area contributed by atoms with Crippen molar-refractivity contribution in [2.24, 2.45) is 5.73 Å². The van der Waals surface area contributed by atoms with Crippen molar-refractivity contribution in [2.75, 3.05) is 6.61 Å². The van der Waals surface area contributed by atoms with E-state index in [2.05, 4.69) is 5.32 Å². The van der Waals surface area contributed by atoms with Crippen molar-refractivity contribution in [2.45, 2.75) is 34.7 Å². The molecule has 0 aliphatic carbocycles. The zero-order valence-corrected chi connectivity index (χ0v) is 18.2. The van der Waals surface area contributed by atoms with Gasteiger partial charge in [-0.3, -0.25) is 0 Å². The fourth-order valence-electron chi connectivity index (χ4n) is 3.01. The lowest BCUT2D eigenvalue weighted by Gasteiger charge is -2.42. The lowest BCUT2D eigenvalue weighted by molar-refractivity contribution is -0.164. The van der Waals surface area contributed by atoms with Crippen molar-refractivity contribution in [3.8, 4) is 0 Å². The van der Waals surface area contributed by atoms with E-state index >= 15 is 0 Å². The molecule has 6 N–H and O–H groups in total. The summed E-state index contributed by atoms with van der Waals surface area (Å²) in [6, 6.07) is 7.08. The first-order valence-corrected chi connectivity index (χ1v) is 10.8. The molecule has 6 nitrogen and oxygen atoms in total. The molecule has 1 saturated heterocycles. The highest BCUT2D eigenvalue weighted by atomic mass is 35.5. The van der Waals surface area contributed by atoms with Crippen molar-refractivity contribution in [3.05, 3.63) is 69.8 Å². The van der Waals surface area contributed by atoms with Crippen LogP contribution in [0.4, 0.5) is 8.78 Å². The van der Waals surface area contributed by atoms with E-state index in [1.165, 1.54) is 12.3 Å². The largest absolute Gasteiger partial charge is 0.397 e. The number of benzene rings is 2. The van der Waals surface area contributed by atoms with Gasteiger partial charge >= 0.3 is 0 Å². The average Bonchev–Trinajstić information content (AvgIpc) is 2.74. The standard InChI is InChI=1S/C20H20Cl2F2N2O4S/c21-11-3-2-10(6-12(11)22)31-20-19(29)17(18(28)16(8-27)30-20)26-7-15(25)9-1-4-13(23)14(24)5-9/h1-7,16-20,26-29H,8,25H2/b15-7-. The molecule has 1 heterocycles. The summed E-state index contributed by atoms with van der Waals surface area (Å²) in [5, 5.41) is 34.3. The number of ether oxygens (including phenoxy) is 1. The molecule has 5 atom stereocenters. The van der Waals surface area contributed by atoms with Gasteiger partial charge in [-0.15, -0.1) is 0 Å². The summed E-state index contributed by atoms with van der Waals surface area (Å²) in [5.41, 5.74) is 5.31. The lowest BCUT2D eigenvalue weighted by Crippen LogP contribution is -2.62. The average molecular weight is 493 g/mol. The number of halogens is 4. The van der Waals surface area contributed by atoms with Gasteiger partial charge in [-0.05, 0) is 36.4 Å². The molecule has 1 aliphatic heterocycles. The summed E-state index contributed by atoms with van der Waals surface area (Å²) in [7, 11) is 0. The van der Waals surface area contributed by atoms with Gasteiger partial charge in [0.05, 0.1) is 28.4 Å². The SMILES string of the molecule is N/C(=C\NC1C(O)C(CO)OC(Sc2ccc(Cl)c(Cl)c2)C1O)c1ccc(F)c(F)c1. The number of aliphatic hydroxyl groups excluding tert-OH is 3. The minimum atomic E-state index is -1.28. The van der Waals surface area contributed by atoms with E-state index in [1.54, 1.807) is 18.2 Å². The topological polar surface area (TPSA) is 108 Å². The minimum absolute atomic E-state index is 0.0547. The Morgan fingerprint density at radius 3 is 2.48 bits per heavy atom. The molecule has 11 heteroatoms. The smallest absolute Gasteiger partial charge is 0.159 e. The van der Waals surface area contributed by atoms with Gasteiger partial charge in [0.1, 0.15) is 23.7 Å². The molecular weight excluding hydrogens is 473 g/mol. The molecule has 1 fully saturated rings. The number of nitrogens with two attached hydrogens (primary N) is 1. The Bertz CT molecular complexity index is 969. The molecule has 5 unspecified atom stereocenters. The number of aliphatic hydroxyl groups is 3. The van der Waals surface area contributed by atoms with Crippen LogP contribution in [0.15, 0.2) is 47.5 Å². The molecule has 0 aromatic heterocycles. The van der Waals surface area contributed by atoms with E-state index in [1.807, 2.05) is 0 Å². The van der Waals surface area contributed by atoms with Crippen LogP contribution in [-0.4, -0.2) is 51.7 Å². The highest BCUT2D eigenvalue weighted by Crippen LogP contribution is 2.36. The third kappa shape index (κ3) is 5.61. The van der Waals surface area contributed by atoms with Crippen molar-refractivity contribution in [1.82, 2.24) is 5.32 Å². The number of thioether (sulfide) groups is 1. The minimum Gasteiger partial charge on any atom is -0.397 e. The van der Waals surface area contributed by atoms with E-state index in [0.717, 1.165) is 23.9 Å². The Balaban J connectivity index is 1.78. The van der Waals surface area contributed by atoms with Crippen molar-refractivity contribution >= 4 is 40.7 Å². The molecule has 2 aromatic carbocycles. The third-order valence-corrected chi connectivity index (χ3v) is 6.60. The predicted molar refractivity (Wildman–Crippen MR) is 116 cm³/mol. The number of hydrogen-bond donors (Lipinski definition) is 5. The monoisotopic (exact) mass is 492 g/mol. The molecule has 0 amide bonds. The van der Waals surface area contributed by atoms with Crippen molar-refractivity contribution < 1.29 is 28.8 Å². The van der Waals surface area contributed by atoms with Gasteiger partial charge in [-0.2, -0.15) is 0 Å². The molecular formula is C20H20Cl2F2N2O4S. The maximum absolute atomic E-state index is 13.4. The van der Waals surface area contributed by atoms with Crippen LogP contribution in [0.3, 0.4) is 0 Å². The first-order valence-electron chi connectivity index (χ1n) is 9.12. The van der Waals surface area contributed by atoms with Crippen LogP contribution in [0.1, 0.15) is 5.56 Å². The molecule has 31 heavy (non-hydrogen) atoms. The Hall–Kier alpha value is -1.59. The quantitative estimate of drug-likeness (QED) is 0.421. The zero-order valence-electron chi connectivity index (χ0n) is 15.9. The summed E-state index contributed by atoms with van der Waals surface area (Å²) >= 11 is 13.1. The van der Waals surface area contributed by atoms with Crippen LogP contribution in [-0.2, 0) is 4.74 Å². The highest BCUT2D eigenvalue weighted by molar-refractivity contribution is 7.99. The van der Waals surface area contributed by atoms with Crippen molar-refractivity contribution in [3.63, 3.8) is 0 Å². The van der Waals surface area contributed by atoms with Gasteiger partial charge in [0.25, 0.3) is 0 Å². The Morgan fingerprint density at radius 1 is 1.10 bits per heavy atom. The second kappa shape index (κ2) is 10.4. The predicted octanol–water partition coefficient (Wildman–Crippen LogP) is 2.72. The van der Waals surface area contributed by atoms with E-state index in [9.17, 15) is 24.1 Å². The van der Waals surface area contributed by atoms with Gasteiger partial charge in [-0.25, -0.2) is 8.78 Å². The van der Waals surface area contributed by atoms with E-state index in [0.29, 0.717) is 14.9 Å². The van der Waals surface area contributed by atoms with Gasteiger partial charge in [0.2, 0.25) is 0 Å². The Labute approximate surface area is 191 Å². The summed E-state index contributed by atoms with van der Waals surface area (Å²) in [4.78, 5) is 0.655. The summed E-state index contributed by atoms with van der Waals surface area (Å²) in [5.74, 6) is -2.06. The molecule has 168 valence electrons. The van der Waals surface area contributed by atoms with E-state index in [4.69, 9.17) is 33.7 Å². The zero-order chi connectivity index (χ0) is 22.7. The van der Waals surface area contributed by atoms with E-state index < -0.39 is 48.0 Å². The Morgan fingerprint density at radius 2 is 1.84 bits per heavy atom. The lowest BCUT2D eigenvalue weighted by atomic mass is 9.97. The van der Waals surface area contributed by atoms with Crippen molar-refractivity contribution in [1.29, 1.82) is 0 Å². The van der Waals surface area contributed by atoms with Gasteiger partial charge in [-0.1, -0.05) is 35.0 Å². The normalized spacial score (nSPS) is 26.7. The fourth-order valence-corrected chi connectivity index (χ4v) is 4.48. The van der Waals surface area contributed by atoms with Crippen LogP contribution in [0.5, 0.6) is 0 Å². The molecule has 2 aromatic rings. The maximum atomic E-state index is 13.4. The summed E-state index contributed by atoms with van der Waals surface area (Å²) in [6.07, 6.45) is -2.23. The second-order valence-corrected chi connectivity index (χ2v) is 8.81. The molecule has 0 radical (unpaired) electrons. The molecule has 1 aliphatic rings. The molecule has 3 rings (SSSR count). The van der Waals surface area contributed by atoms with Gasteiger partial charge in [0.15, 0.2) is 11.6 Å². The van der Waals surface area contributed by atoms with Crippen LogP contribution in [0.25, 0.3) is 5.70 Å². The first-order chi connectivity index (χ1) is 14.7. The van der Waals surface area contributed by atoms with Gasteiger partial charge in [0, 0.05) is 16.7 Å². The van der Waals surface area contributed by atoms with E-state index in [-0.39, 0.29) is 11.3 Å². The van der Waals surface area contributed by atoms with Gasteiger partial charge < -0.3 is 31.1 Å². The molecule has 0 saturated carbocycles. The third-order valence-electron chi connectivity index (χ3n) is 4.71. The molecule has 0 spiro atoms. The van der Waals surface area contributed by atoms with Crippen LogP contribution >= 0.6 is 35.0 Å². The van der Waals surface area contributed by atoms with Crippen LogP contribution in [0, 0.1) is 11.6 Å². The number of rotatable bonds is 6. The number of hydrogen-bond acceptors (Lipinski definition) is 7. The number of nitrogens with one attached hydrogen (secondary N) is 1. The summed E-state index contributed by atoms with van der Waals surface area (Å²) in [6.45, 7) is -0.493. The van der Waals surface area contributed by atoms with Crippen LogP contribution in [0.2, 0.25) is 10.0 Å². The first kappa shape index (κ1) is 24.1. The summed E-state index contributed by atoms with van der Waals surface area (Å²) < 4.78 is 32.2.